The zero-order valence-corrected chi connectivity index (χ0v) is 20.3. The Morgan fingerprint density at radius 3 is 2.44 bits per heavy atom. The average Bonchev–Trinajstić information content (AvgIpc) is 3.37. The topological polar surface area (TPSA) is 66.8 Å². The minimum atomic E-state index is -1.06. The number of methoxy groups -OCH3 is 1. The smallest absolute Gasteiger partial charge is 0.312 e. The summed E-state index contributed by atoms with van der Waals surface area (Å²) in [6.45, 7) is 4.66. The van der Waals surface area contributed by atoms with Gasteiger partial charge in [-0.1, -0.05) is 79.4 Å². The molecule has 3 aromatic carbocycles. The van der Waals surface area contributed by atoms with Crippen molar-refractivity contribution >= 4 is 17.4 Å². The van der Waals surface area contributed by atoms with Crippen LogP contribution in [0.1, 0.15) is 41.0 Å². The SMILES string of the molecule is C=C(C(=O)N1C[C@@H]2[C@]3(c4ccccc4)CC[C@@H](c4ccccc43)[C@]2(C(=O)O)C1)c1ccccc1OC. The van der Waals surface area contributed by atoms with Crippen LogP contribution in [0.5, 0.6) is 5.75 Å². The lowest BCUT2D eigenvalue weighted by Gasteiger charge is -2.59. The summed E-state index contributed by atoms with van der Waals surface area (Å²) in [6, 6.07) is 25.9. The van der Waals surface area contributed by atoms with Crippen LogP contribution in [0.2, 0.25) is 0 Å². The summed E-state index contributed by atoms with van der Waals surface area (Å²) in [5.41, 5.74) is 2.89. The Morgan fingerprint density at radius 1 is 1.00 bits per heavy atom. The van der Waals surface area contributed by atoms with E-state index in [0.717, 1.165) is 24.0 Å². The van der Waals surface area contributed by atoms with E-state index in [9.17, 15) is 14.7 Å². The number of amides is 1. The molecule has 3 aliphatic carbocycles. The van der Waals surface area contributed by atoms with Crippen LogP contribution >= 0.6 is 0 Å². The minimum absolute atomic E-state index is 0.140. The molecule has 3 aromatic rings. The first-order valence-electron chi connectivity index (χ1n) is 12.4. The van der Waals surface area contributed by atoms with Crippen molar-refractivity contribution < 1.29 is 19.4 Å². The summed E-state index contributed by atoms with van der Waals surface area (Å²) in [5, 5.41) is 10.9. The van der Waals surface area contributed by atoms with Gasteiger partial charge in [-0.2, -0.15) is 0 Å². The molecule has 7 rings (SSSR count). The maximum absolute atomic E-state index is 13.8. The van der Waals surface area contributed by atoms with Crippen LogP contribution in [0.4, 0.5) is 0 Å². The number of likely N-dealkylation sites (tertiary alicyclic amines) is 1. The molecule has 2 fully saturated rings. The number of carbonyl (C=O) groups excluding carboxylic acids is 1. The number of carboxylic acids is 1. The van der Waals surface area contributed by atoms with Crippen molar-refractivity contribution in [1.82, 2.24) is 4.90 Å². The number of fused-ring (bicyclic) bond motifs is 1. The van der Waals surface area contributed by atoms with Gasteiger partial charge in [0.25, 0.3) is 5.91 Å². The van der Waals surface area contributed by atoms with E-state index in [2.05, 4.69) is 30.8 Å². The van der Waals surface area contributed by atoms with Gasteiger partial charge in [0.05, 0.1) is 12.5 Å². The maximum atomic E-state index is 13.8. The third kappa shape index (κ3) is 2.83. The fourth-order valence-electron chi connectivity index (χ4n) is 7.55. The number of benzene rings is 3. The highest BCUT2D eigenvalue weighted by Gasteiger charge is 2.70. The van der Waals surface area contributed by atoms with Crippen LogP contribution in [0, 0.1) is 11.3 Å². The van der Waals surface area contributed by atoms with Gasteiger partial charge in [-0.3, -0.25) is 9.59 Å². The first-order valence-corrected chi connectivity index (χ1v) is 12.4. The standard InChI is InChI=1S/C31H29NO4/c1-20(22-12-7-9-15-26(22)36-2)28(33)32-18-27-30(21-10-4-3-5-11-21)17-16-25(31(27,19-32)29(34)35)23-13-6-8-14-24(23)30/h3-15,25,27H,1,16-19H2,2H3,(H,34,35)/t25-,27+,30-,31+/m0/s1. The quantitative estimate of drug-likeness (QED) is 0.516. The summed E-state index contributed by atoms with van der Waals surface area (Å²) < 4.78 is 5.47. The molecule has 1 saturated carbocycles. The molecule has 5 nitrogen and oxygen atoms in total. The van der Waals surface area contributed by atoms with Crippen molar-refractivity contribution in [1.29, 1.82) is 0 Å². The highest BCUT2D eigenvalue weighted by molar-refractivity contribution is 6.19. The van der Waals surface area contributed by atoms with E-state index in [1.54, 1.807) is 18.1 Å². The molecule has 2 bridgehead atoms. The Bertz CT molecular complexity index is 1380. The number of hydrogen-bond donors (Lipinski definition) is 1. The van der Waals surface area contributed by atoms with Gasteiger partial charge in [-0.15, -0.1) is 0 Å². The lowest BCUT2D eigenvalue weighted by atomic mass is 9.42. The highest BCUT2D eigenvalue weighted by Crippen LogP contribution is 2.69. The van der Waals surface area contributed by atoms with Gasteiger partial charge < -0.3 is 14.7 Å². The second-order valence-electron chi connectivity index (χ2n) is 10.3. The summed E-state index contributed by atoms with van der Waals surface area (Å²) >= 11 is 0. The molecule has 1 saturated heterocycles. The highest BCUT2D eigenvalue weighted by atomic mass is 16.5. The van der Waals surface area contributed by atoms with E-state index in [0.29, 0.717) is 23.4 Å². The Labute approximate surface area is 211 Å². The Kier molecular flexibility index (Phi) is 5.08. The summed E-state index contributed by atoms with van der Waals surface area (Å²) in [4.78, 5) is 28.8. The van der Waals surface area contributed by atoms with Crippen LogP contribution in [0.3, 0.4) is 0 Å². The number of hydrogen-bond acceptors (Lipinski definition) is 3. The number of ether oxygens (including phenoxy) is 1. The second kappa shape index (κ2) is 8.09. The average molecular weight is 480 g/mol. The maximum Gasteiger partial charge on any atom is 0.312 e. The van der Waals surface area contributed by atoms with Gasteiger partial charge in [0.15, 0.2) is 0 Å². The van der Waals surface area contributed by atoms with Crippen LogP contribution in [-0.4, -0.2) is 42.1 Å². The monoisotopic (exact) mass is 479 g/mol. The van der Waals surface area contributed by atoms with E-state index in [1.807, 2.05) is 48.5 Å². The van der Waals surface area contributed by atoms with Gasteiger partial charge >= 0.3 is 5.97 Å². The van der Waals surface area contributed by atoms with Crippen molar-refractivity contribution in [2.24, 2.45) is 11.3 Å². The number of rotatable bonds is 5. The lowest BCUT2D eigenvalue weighted by molar-refractivity contribution is -0.157. The molecule has 5 heteroatoms. The zero-order valence-electron chi connectivity index (χ0n) is 20.3. The van der Waals surface area contributed by atoms with Crippen LogP contribution < -0.4 is 4.74 Å². The Morgan fingerprint density at radius 2 is 1.69 bits per heavy atom. The molecule has 4 atom stereocenters. The molecule has 1 amide bonds. The molecule has 1 heterocycles. The number of para-hydroxylation sites is 1. The number of carbonyl (C=O) groups is 2. The second-order valence-corrected chi connectivity index (χ2v) is 10.3. The van der Waals surface area contributed by atoms with Crippen molar-refractivity contribution in [2.75, 3.05) is 20.2 Å². The van der Waals surface area contributed by atoms with Crippen molar-refractivity contribution in [3.05, 3.63) is 108 Å². The Hall–Kier alpha value is -3.86. The molecule has 36 heavy (non-hydrogen) atoms. The molecule has 0 unspecified atom stereocenters. The molecular weight excluding hydrogens is 450 g/mol. The van der Waals surface area contributed by atoms with Crippen molar-refractivity contribution in [3.8, 4) is 5.75 Å². The first-order chi connectivity index (χ1) is 17.4. The van der Waals surface area contributed by atoms with Crippen molar-refractivity contribution in [2.45, 2.75) is 24.2 Å². The Balaban J connectivity index is 1.49. The predicted octanol–water partition coefficient (Wildman–Crippen LogP) is 5.12. The number of carboxylic acid groups (broad SMARTS) is 1. The number of nitrogens with zero attached hydrogens (tertiary/aromatic N) is 1. The van der Waals surface area contributed by atoms with Gasteiger partial charge in [0.2, 0.25) is 0 Å². The largest absolute Gasteiger partial charge is 0.496 e. The fraction of sp³-hybridized carbons (Fsp3) is 0.290. The van der Waals surface area contributed by atoms with E-state index in [4.69, 9.17) is 4.74 Å². The fourth-order valence-corrected chi connectivity index (χ4v) is 7.55. The van der Waals surface area contributed by atoms with Gasteiger partial charge in [0, 0.05) is 41.5 Å². The van der Waals surface area contributed by atoms with Crippen LogP contribution in [-0.2, 0) is 15.0 Å². The molecular formula is C31H29NO4. The van der Waals surface area contributed by atoms with Crippen LogP contribution in [0.15, 0.2) is 85.4 Å². The van der Waals surface area contributed by atoms with E-state index < -0.39 is 16.8 Å². The van der Waals surface area contributed by atoms with Gasteiger partial charge in [-0.25, -0.2) is 0 Å². The van der Waals surface area contributed by atoms with E-state index in [1.165, 1.54) is 5.56 Å². The zero-order chi connectivity index (χ0) is 25.1. The molecule has 1 aliphatic heterocycles. The molecule has 0 radical (unpaired) electrons. The van der Waals surface area contributed by atoms with Crippen molar-refractivity contribution in [3.63, 3.8) is 0 Å². The normalized spacial score (nSPS) is 27.8. The molecule has 1 N–H and O–H groups in total. The third-order valence-corrected chi connectivity index (χ3v) is 9.00. The van der Waals surface area contributed by atoms with E-state index in [-0.39, 0.29) is 24.3 Å². The first kappa shape index (κ1) is 22.6. The van der Waals surface area contributed by atoms with Gasteiger partial charge in [0.1, 0.15) is 5.75 Å². The summed E-state index contributed by atoms with van der Waals surface area (Å²) in [5.74, 6) is -0.855. The molecule has 4 aliphatic rings. The third-order valence-electron chi connectivity index (χ3n) is 9.00. The minimum Gasteiger partial charge on any atom is -0.496 e. The summed E-state index contributed by atoms with van der Waals surface area (Å²) in [7, 11) is 1.57. The molecule has 182 valence electrons. The molecule has 0 aromatic heterocycles. The predicted molar refractivity (Wildman–Crippen MR) is 138 cm³/mol. The lowest BCUT2D eigenvalue weighted by Crippen LogP contribution is -2.60. The van der Waals surface area contributed by atoms with E-state index >= 15 is 0 Å². The molecule has 0 spiro atoms. The van der Waals surface area contributed by atoms with Gasteiger partial charge in [-0.05, 0) is 35.6 Å². The summed E-state index contributed by atoms with van der Waals surface area (Å²) in [6.07, 6.45) is 1.65. The van der Waals surface area contributed by atoms with Crippen LogP contribution in [0.25, 0.3) is 5.57 Å². The number of aliphatic carboxylic acids is 1.